The Balaban J connectivity index is 1.94. The molecule has 0 atom stereocenters. The van der Waals surface area contributed by atoms with Crippen molar-refractivity contribution in [2.45, 2.75) is 0 Å². The van der Waals surface area contributed by atoms with Crippen molar-refractivity contribution in [2.75, 3.05) is 23.7 Å². The van der Waals surface area contributed by atoms with Crippen LogP contribution in [0, 0.1) is 5.82 Å². The van der Waals surface area contributed by atoms with Crippen molar-refractivity contribution >= 4 is 15.7 Å². The minimum atomic E-state index is -3.46. The molecule has 0 heterocycles. The molecule has 0 N–H and O–H groups in total. The summed E-state index contributed by atoms with van der Waals surface area (Å²) in [6, 6.07) is 14.3. The smallest absolute Gasteiger partial charge is 0.238 e. The zero-order valence-electron chi connectivity index (χ0n) is 11.6. The van der Waals surface area contributed by atoms with E-state index in [0.717, 1.165) is 0 Å². The molecule has 0 spiro atoms. The lowest BCUT2D eigenvalue weighted by molar-refractivity contribution is 0.340. The van der Waals surface area contributed by atoms with Crippen LogP contribution in [0.5, 0.6) is 5.75 Å². The quantitative estimate of drug-likeness (QED) is 0.824. The van der Waals surface area contributed by atoms with Crippen LogP contribution < -0.4 is 9.04 Å². The molecular weight excluding hydrogens is 293 g/mol. The summed E-state index contributed by atoms with van der Waals surface area (Å²) >= 11 is 0. The first kappa shape index (κ1) is 15.3. The Labute approximate surface area is 123 Å². The van der Waals surface area contributed by atoms with Crippen LogP contribution >= 0.6 is 0 Å². The standard InChI is InChI=1S/C15H16FNO3S/c1-17(14-5-3-2-4-6-14)21(18,19)12-11-20-15-9-7-13(16)8-10-15/h2-10H,11-12H2,1H3. The summed E-state index contributed by atoms with van der Waals surface area (Å²) in [5, 5.41) is 0. The molecule has 2 aromatic rings. The second kappa shape index (κ2) is 6.58. The van der Waals surface area contributed by atoms with Gasteiger partial charge in [-0.05, 0) is 36.4 Å². The Hall–Kier alpha value is -2.08. The minimum absolute atomic E-state index is 0.00510. The number of nitrogens with zero attached hydrogens (tertiary/aromatic N) is 1. The van der Waals surface area contributed by atoms with Gasteiger partial charge >= 0.3 is 0 Å². The highest BCUT2D eigenvalue weighted by atomic mass is 32.2. The fraction of sp³-hybridized carbons (Fsp3) is 0.200. The van der Waals surface area contributed by atoms with Crippen molar-refractivity contribution in [1.82, 2.24) is 0 Å². The third-order valence-electron chi connectivity index (χ3n) is 2.96. The number of sulfonamides is 1. The lowest BCUT2D eigenvalue weighted by Gasteiger charge is -2.19. The third kappa shape index (κ3) is 4.19. The average molecular weight is 309 g/mol. The van der Waals surface area contributed by atoms with Crippen molar-refractivity contribution < 1.29 is 17.5 Å². The molecule has 6 heteroatoms. The number of anilines is 1. The molecular formula is C15H16FNO3S. The maximum Gasteiger partial charge on any atom is 0.238 e. The monoisotopic (exact) mass is 309 g/mol. The number of rotatable bonds is 6. The average Bonchev–Trinajstić information content (AvgIpc) is 2.49. The molecule has 0 aliphatic rings. The lowest BCUT2D eigenvalue weighted by atomic mass is 10.3. The van der Waals surface area contributed by atoms with E-state index >= 15 is 0 Å². The summed E-state index contributed by atoms with van der Waals surface area (Å²) in [6.07, 6.45) is 0. The maximum absolute atomic E-state index is 12.7. The van der Waals surface area contributed by atoms with Gasteiger partial charge in [-0.2, -0.15) is 0 Å². The molecule has 4 nitrogen and oxygen atoms in total. The van der Waals surface area contributed by atoms with Gasteiger partial charge in [0.1, 0.15) is 23.9 Å². The van der Waals surface area contributed by atoms with Crippen LogP contribution in [0.15, 0.2) is 54.6 Å². The molecule has 0 saturated heterocycles. The van der Waals surface area contributed by atoms with Gasteiger partial charge in [-0.1, -0.05) is 18.2 Å². The summed E-state index contributed by atoms with van der Waals surface area (Å²) in [5.41, 5.74) is 0.597. The van der Waals surface area contributed by atoms with Gasteiger partial charge in [0.05, 0.1) is 5.69 Å². The summed E-state index contributed by atoms with van der Waals surface area (Å²) in [4.78, 5) is 0. The normalized spacial score (nSPS) is 11.1. The molecule has 0 amide bonds. The van der Waals surface area contributed by atoms with E-state index in [-0.39, 0.29) is 18.2 Å². The molecule has 0 aromatic heterocycles. The van der Waals surface area contributed by atoms with Gasteiger partial charge in [-0.15, -0.1) is 0 Å². The summed E-state index contributed by atoms with van der Waals surface area (Å²) in [5.74, 6) is -0.0804. The van der Waals surface area contributed by atoms with Crippen LogP contribution in [0.1, 0.15) is 0 Å². The first-order valence-electron chi connectivity index (χ1n) is 6.39. The minimum Gasteiger partial charge on any atom is -0.492 e. The summed E-state index contributed by atoms with van der Waals surface area (Å²) in [7, 11) is -1.95. The zero-order valence-corrected chi connectivity index (χ0v) is 12.4. The number of hydrogen-bond acceptors (Lipinski definition) is 3. The maximum atomic E-state index is 12.7. The topological polar surface area (TPSA) is 46.6 Å². The van der Waals surface area contributed by atoms with Crippen LogP contribution in [0.3, 0.4) is 0 Å². The van der Waals surface area contributed by atoms with E-state index in [4.69, 9.17) is 4.74 Å². The van der Waals surface area contributed by atoms with Gasteiger partial charge in [0, 0.05) is 7.05 Å². The Morgan fingerprint density at radius 1 is 1.05 bits per heavy atom. The highest BCUT2D eigenvalue weighted by Gasteiger charge is 2.18. The SMILES string of the molecule is CN(c1ccccc1)S(=O)(=O)CCOc1ccc(F)cc1. The van der Waals surface area contributed by atoms with Crippen molar-refractivity contribution in [3.05, 3.63) is 60.4 Å². The molecule has 0 aliphatic carbocycles. The highest BCUT2D eigenvalue weighted by Crippen LogP contribution is 2.16. The molecule has 0 fully saturated rings. The van der Waals surface area contributed by atoms with E-state index in [9.17, 15) is 12.8 Å². The fourth-order valence-electron chi connectivity index (χ4n) is 1.73. The van der Waals surface area contributed by atoms with Crippen molar-refractivity contribution in [3.8, 4) is 5.75 Å². The Bertz CT molecular complexity index is 672. The zero-order chi connectivity index (χ0) is 15.3. The Kier molecular flexibility index (Phi) is 4.80. The largest absolute Gasteiger partial charge is 0.492 e. The predicted octanol–water partition coefficient (Wildman–Crippen LogP) is 2.67. The molecule has 21 heavy (non-hydrogen) atoms. The van der Waals surface area contributed by atoms with Crippen LogP contribution in [0.4, 0.5) is 10.1 Å². The van der Waals surface area contributed by atoms with E-state index in [0.29, 0.717) is 11.4 Å². The van der Waals surface area contributed by atoms with E-state index in [1.807, 2.05) is 6.07 Å². The van der Waals surface area contributed by atoms with Crippen molar-refractivity contribution in [1.29, 1.82) is 0 Å². The van der Waals surface area contributed by atoms with Crippen LogP contribution in [0.2, 0.25) is 0 Å². The lowest BCUT2D eigenvalue weighted by Crippen LogP contribution is -2.31. The number of hydrogen-bond donors (Lipinski definition) is 0. The third-order valence-corrected chi connectivity index (χ3v) is 4.69. The summed E-state index contributed by atoms with van der Waals surface area (Å²) < 4.78 is 43.6. The van der Waals surface area contributed by atoms with E-state index in [1.165, 1.54) is 35.6 Å². The fourth-order valence-corrected chi connectivity index (χ4v) is 2.74. The van der Waals surface area contributed by atoms with Crippen molar-refractivity contribution in [3.63, 3.8) is 0 Å². The molecule has 0 bridgehead atoms. The molecule has 0 unspecified atom stereocenters. The molecule has 2 aromatic carbocycles. The molecule has 0 radical (unpaired) electrons. The first-order chi connectivity index (χ1) is 9.99. The molecule has 2 rings (SSSR count). The Morgan fingerprint density at radius 2 is 1.67 bits per heavy atom. The Morgan fingerprint density at radius 3 is 2.29 bits per heavy atom. The van der Waals surface area contributed by atoms with Crippen LogP contribution in [-0.4, -0.2) is 27.8 Å². The van der Waals surface area contributed by atoms with Gasteiger partial charge < -0.3 is 4.74 Å². The number of para-hydroxylation sites is 1. The van der Waals surface area contributed by atoms with E-state index < -0.39 is 10.0 Å². The van der Waals surface area contributed by atoms with Gasteiger partial charge in [0.15, 0.2) is 0 Å². The molecule has 0 saturated carbocycles. The summed E-state index contributed by atoms with van der Waals surface area (Å²) in [6.45, 7) is 0.00510. The van der Waals surface area contributed by atoms with Gasteiger partial charge in [0.2, 0.25) is 10.0 Å². The number of benzene rings is 2. The second-order valence-electron chi connectivity index (χ2n) is 4.42. The van der Waals surface area contributed by atoms with Crippen LogP contribution in [-0.2, 0) is 10.0 Å². The van der Waals surface area contributed by atoms with Crippen LogP contribution in [0.25, 0.3) is 0 Å². The second-order valence-corrected chi connectivity index (χ2v) is 6.54. The van der Waals surface area contributed by atoms with Gasteiger partial charge in [-0.25, -0.2) is 12.8 Å². The first-order valence-corrected chi connectivity index (χ1v) is 8.00. The van der Waals surface area contributed by atoms with Gasteiger partial charge in [-0.3, -0.25) is 4.31 Å². The molecule has 0 aliphatic heterocycles. The highest BCUT2D eigenvalue weighted by molar-refractivity contribution is 7.92. The number of ether oxygens (including phenoxy) is 1. The van der Waals surface area contributed by atoms with E-state index in [2.05, 4.69) is 0 Å². The van der Waals surface area contributed by atoms with Gasteiger partial charge in [0.25, 0.3) is 0 Å². The number of halogens is 1. The van der Waals surface area contributed by atoms with E-state index in [1.54, 1.807) is 24.3 Å². The van der Waals surface area contributed by atoms with Crippen molar-refractivity contribution in [2.24, 2.45) is 0 Å². The molecule has 112 valence electrons. The predicted molar refractivity (Wildman–Crippen MR) is 80.5 cm³/mol.